The molecular formula is C11H11BrFNO4. The Bertz CT molecular complexity index is 466. The third kappa shape index (κ3) is 3.51. The van der Waals surface area contributed by atoms with Crippen molar-refractivity contribution < 1.29 is 23.8 Å². The molecule has 0 saturated carbocycles. The molecule has 0 aliphatic carbocycles. The van der Waals surface area contributed by atoms with Crippen LogP contribution in [0.25, 0.3) is 0 Å². The fourth-order valence-corrected chi connectivity index (χ4v) is 1.58. The third-order valence-electron chi connectivity index (χ3n) is 2.16. The Hall–Kier alpha value is -1.47. The highest BCUT2D eigenvalue weighted by Crippen LogP contribution is 2.16. The standard InChI is InChI=1S/C11H11BrFNO4/c1-18-11(17)9(5-15)14-10(16)6-2-3-8(13)7(12)4-6/h2-4,9,15H,5H2,1H3,(H,14,16)/t9-/m1/s1. The van der Waals surface area contributed by atoms with Crippen LogP contribution in [0.15, 0.2) is 22.7 Å². The van der Waals surface area contributed by atoms with Gasteiger partial charge in [-0.3, -0.25) is 4.79 Å². The predicted molar refractivity (Wildman–Crippen MR) is 64.5 cm³/mol. The topological polar surface area (TPSA) is 75.6 Å². The van der Waals surface area contributed by atoms with Crippen LogP contribution in [0.5, 0.6) is 0 Å². The lowest BCUT2D eigenvalue weighted by Crippen LogP contribution is -2.44. The van der Waals surface area contributed by atoms with Crippen molar-refractivity contribution in [1.29, 1.82) is 0 Å². The van der Waals surface area contributed by atoms with Crippen LogP contribution in [0.3, 0.4) is 0 Å². The maximum absolute atomic E-state index is 13.0. The lowest BCUT2D eigenvalue weighted by Gasteiger charge is -2.13. The number of ether oxygens (including phenoxy) is 1. The summed E-state index contributed by atoms with van der Waals surface area (Å²) in [5, 5.41) is 11.2. The molecule has 0 heterocycles. The lowest BCUT2D eigenvalue weighted by molar-refractivity contribution is -0.143. The van der Waals surface area contributed by atoms with Gasteiger partial charge in [-0.15, -0.1) is 0 Å². The van der Waals surface area contributed by atoms with Crippen LogP contribution in [-0.4, -0.2) is 36.7 Å². The Balaban J connectivity index is 2.81. The number of rotatable bonds is 4. The van der Waals surface area contributed by atoms with E-state index in [0.29, 0.717) is 0 Å². The molecule has 0 aliphatic heterocycles. The minimum Gasteiger partial charge on any atom is -0.467 e. The average Bonchev–Trinajstić information content (AvgIpc) is 2.37. The second-order valence-electron chi connectivity index (χ2n) is 3.36. The third-order valence-corrected chi connectivity index (χ3v) is 2.76. The number of aliphatic hydroxyl groups is 1. The molecule has 7 heteroatoms. The molecule has 0 fully saturated rings. The van der Waals surface area contributed by atoms with E-state index in [1.54, 1.807) is 0 Å². The number of aliphatic hydroxyl groups excluding tert-OH is 1. The zero-order chi connectivity index (χ0) is 13.7. The van der Waals surface area contributed by atoms with E-state index in [1.165, 1.54) is 12.1 Å². The largest absolute Gasteiger partial charge is 0.467 e. The van der Waals surface area contributed by atoms with Gasteiger partial charge in [0.2, 0.25) is 0 Å². The van der Waals surface area contributed by atoms with Crippen LogP contribution in [-0.2, 0) is 9.53 Å². The summed E-state index contributed by atoms with van der Waals surface area (Å²) < 4.78 is 17.5. The van der Waals surface area contributed by atoms with Crippen LogP contribution < -0.4 is 5.32 Å². The van der Waals surface area contributed by atoms with Crippen LogP contribution in [0.1, 0.15) is 10.4 Å². The maximum atomic E-state index is 13.0. The van der Waals surface area contributed by atoms with Crippen molar-refractivity contribution in [3.8, 4) is 0 Å². The second-order valence-corrected chi connectivity index (χ2v) is 4.22. The number of amides is 1. The Morgan fingerprint density at radius 2 is 2.22 bits per heavy atom. The van der Waals surface area contributed by atoms with E-state index in [0.717, 1.165) is 13.2 Å². The summed E-state index contributed by atoms with van der Waals surface area (Å²) in [7, 11) is 1.14. The maximum Gasteiger partial charge on any atom is 0.330 e. The molecule has 1 aromatic carbocycles. The molecule has 5 nitrogen and oxygen atoms in total. The van der Waals surface area contributed by atoms with Crippen molar-refractivity contribution >= 4 is 27.8 Å². The number of carbonyl (C=O) groups excluding carboxylic acids is 2. The molecule has 0 aliphatic rings. The van der Waals surface area contributed by atoms with Crippen molar-refractivity contribution in [3.05, 3.63) is 34.1 Å². The van der Waals surface area contributed by atoms with E-state index in [4.69, 9.17) is 5.11 Å². The highest BCUT2D eigenvalue weighted by atomic mass is 79.9. The van der Waals surface area contributed by atoms with E-state index >= 15 is 0 Å². The highest BCUT2D eigenvalue weighted by molar-refractivity contribution is 9.10. The van der Waals surface area contributed by atoms with Gasteiger partial charge < -0.3 is 15.2 Å². The van der Waals surface area contributed by atoms with Gasteiger partial charge in [-0.2, -0.15) is 0 Å². The summed E-state index contributed by atoms with van der Waals surface area (Å²) in [5.41, 5.74) is 0.158. The zero-order valence-electron chi connectivity index (χ0n) is 9.44. The molecular weight excluding hydrogens is 309 g/mol. The Kier molecular flexibility index (Phi) is 5.24. The molecule has 1 amide bonds. The van der Waals surface area contributed by atoms with E-state index < -0.39 is 30.3 Å². The normalized spacial score (nSPS) is 11.8. The van der Waals surface area contributed by atoms with Crippen molar-refractivity contribution in [3.63, 3.8) is 0 Å². The summed E-state index contributed by atoms with van der Waals surface area (Å²) in [6, 6.07) is 2.51. The molecule has 2 N–H and O–H groups in total. The van der Waals surface area contributed by atoms with Gasteiger partial charge in [0.25, 0.3) is 5.91 Å². The number of nitrogens with one attached hydrogen (secondary N) is 1. The summed E-state index contributed by atoms with van der Waals surface area (Å²) >= 11 is 2.94. The Labute approximate surface area is 111 Å². The van der Waals surface area contributed by atoms with Gasteiger partial charge in [-0.25, -0.2) is 9.18 Å². The monoisotopic (exact) mass is 319 g/mol. The number of benzene rings is 1. The number of hydrogen-bond acceptors (Lipinski definition) is 4. The molecule has 18 heavy (non-hydrogen) atoms. The number of esters is 1. The molecule has 1 rings (SSSR count). The first-order chi connectivity index (χ1) is 8.49. The minimum absolute atomic E-state index is 0.133. The number of halogens is 2. The van der Waals surface area contributed by atoms with Crippen LogP contribution in [0, 0.1) is 5.82 Å². The van der Waals surface area contributed by atoms with Gasteiger partial charge in [0.1, 0.15) is 5.82 Å². The molecule has 98 valence electrons. The van der Waals surface area contributed by atoms with Crippen LogP contribution in [0.2, 0.25) is 0 Å². The number of carbonyl (C=O) groups is 2. The van der Waals surface area contributed by atoms with E-state index in [1.807, 2.05) is 0 Å². The van der Waals surface area contributed by atoms with E-state index in [-0.39, 0.29) is 10.0 Å². The summed E-state index contributed by atoms with van der Waals surface area (Å²) in [6.45, 7) is -0.583. The first-order valence-corrected chi connectivity index (χ1v) is 5.73. The average molecular weight is 320 g/mol. The van der Waals surface area contributed by atoms with Crippen molar-refractivity contribution in [2.75, 3.05) is 13.7 Å². The molecule has 0 spiro atoms. The van der Waals surface area contributed by atoms with Crippen LogP contribution >= 0.6 is 15.9 Å². The number of methoxy groups -OCH3 is 1. The van der Waals surface area contributed by atoms with Crippen molar-refractivity contribution in [1.82, 2.24) is 5.32 Å². The molecule has 0 unspecified atom stereocenters. The fourth-order valence-electron chi connectivity index (χ4n) is 1.20. The van der Waals surface area contributed by atoms with Gasteiger partial charge in [-0.05, 0) is 34.1 Å². The number of hydrogen-bond donors (Lipinski definition) is 2. The van der Waals surface area contributed by atoms with E-state index in [9.17, 15) is 14.0 Å². The molecule has 0 radical (unpaired) electrons. The first-order valence-electron chi connectivity index (χ1n) is 4.94. The SMILES string of the molecule is COC(=O)[C@@H](CO)NC(=O)c1ccc(F)c(Br)c1. The zero-order valence-corrected chi connectivity index (χ0v) is 11.0. The molecule has 0 saturated heterocycles. The van der Waals surface area contributed by atoms with Crippen molar-refractivity contribution in [2.45, 2.75) is 6.04 Å². The quantitative estimate of drug-likeness (QED) is 0.807. The Morgan fingerprint density at radius 3 is 2.72 bits per heavy atom. The van der Waals surface area contributed by atoms with Gasteiger partial charge >= 0.3 is 5.97 Å². The first kappa shape index (κ1) is 14.6. The Morgan fingerprint density at radius 1 is 1.56 bits per heavy atom. The predicted octanol–water partition coefficient (Wildman–Crippen LogP) is 0.852. The molecule has 1 atom stereocenters. The molecule has 0 aromatic heterocycles. The smallest absolute Gasteiger partial charge is 0.330 e. The van der Waals surface area contributed by atoms with Gasteiger partial charge in [0.15, 0.2) is 6.04 Å². The molecule has 0 bridgehead atoms. The highest BCUT2D eigenvalue weighted by Gasteiger charge is 2.21. The van der Waals surface area contributed by atoms with Crippen molar-refractivity contribution in [2.24, 2.45) is 0 Å². The van der Waals surface area contributed by atoms with E-state index in [2.05, 4.69) is 26.0 Å². The summed E-state index contributed by atoms with van der Waals surface area (Å²) in [4.78, 5) is 22.9. The van der Waals surface area contributed by atoms with Gasteiger partial charge in [0, 0.05) is 5.56 Å². The molecule has 1 aromatic rings. The summed E-state index contributed by atoms with van der Waals surface area (Å²) in [6.07, 6.45) is 0. The summed E-state index contributed by atoms with van der Waals surface area (Å²) in [5.74, 6) is -1.87. The fraction of sp³-hybridized carbons (Fsp3) is 0.273. The minimum atomic E-state index is -1.15. The van der Waals surface area contributed by atoms with Crippen LogP contribution in [0.4, 0.5) is 4.39 Å². The second kappa shape index (κ2) is 6.46. The van der Waals surface area contributed by atoms with Gasteiger partial charge in [-0.1, -0.05) is 0 Å². The van der Waals surface area contributed by atoms with Gasteiger partial charge in [0.05, 0.1) is 18.2 Å². The lowest BCUT2D eigenvalue weighted by atomic mass is 10.2.